The highest BCUT2D eigenvalue weighted by atomic mass is 35.5. The van der Waals surface area contributed by atoms with E-state index in [0.717, 1.165) is 18.7 Å². The molecule has 0 aromatic carbocycles. The second-order valence-corrected chi connectivity index (χ2v) is 3.28. The van der Waals surface area contributed by atoms with Gasteiger partial charge in [-0.15, -0.1) is 11.6 Å². The van der Waals surface area contributed by atoms with Gasteiger partial charge in [-0.1, -0.05) is 0 Å². The molecule has 0 unspecified atom stereocenters. The van der Waals surface area contributed by atoms with E-state index in [1.165, 1.54) is 11.3 Å². The average Bonchev–Trinajstić information content (AvgIpc) is 2.32. The molecule has 0 atom stereocenters. The standard InChI is InChI=1S/C9H15ClN2/c1-4-12-8(3)9(5-6-10)7(2)11-12/h4-6H2,1-3H3. The van der Waals surface area contributed by atoms with E-state index >= 15 is 0 Å². The van der Waals surface area contributed by atoms with Crippen molar-refractivity contribution in [1.82, 2.24) is 9.78 Å². The Hall–Kier alpha value is -0.500. The molecule has 1 aromatic heterocycles. The largest absolute Gasteiger partial charge is 0.270 e. The van der Waals surface area contributed by atoms with Crippen molar-refractivity contribution >= 4 is 11.6 Å². The molecule has 3 heteroatoms. The van der Waals surface area contributed by atoms with E-state index in [0.29, 0.717) is 5.88 Å². The molecule has 68 valence electrons. The Balaban J connectivity index is 3.01. The van der Waals surface area contributed by atoms with Crippen LogP contribution in [0, 0.1) is 13.8 Å². The third kappa shape index (κ3) is 1.63. The molecule has 1 heterocycles. The van der Waals surface area contributed by atoms with Crippen LogP contribution in [0.1, 0.15) is 23.9 Å². The Morgan fingerprint density at radius 3 is 2.50 bits per heavy atom. The zero-order chi connectivity index (χ0) is 9.14. The van der Waals surface area contributed by atoms with Crippen molar-refractivity contribution in [3.63, 3.8) is 0 Å². The number of alkyl halides is 1. The van der Waals surface area contributed by atoms with Gasteiger partial charge in [-0.25, -0.2) is 0 Å². The van der Waals surface area contributed by atoms with E-state index in [-0.39, 0.29) is 0 Å². The third-order valence-electron chi connectivity index (χ3n) is 2.18. The smallest absolute Gasteiger partial charge is 0.0628 e. The summed E-state index contributed by atoms with van der Waals surface area (Å²) in [6.45, 7) is 7.19. The first kappa shape index (κ1) is 9.59. The lowest BCUT2D eigenvalue weighted by atomic mass is 10.1. The molecule has 0 bridgehead atoms. The molecule has 0 amide bonds. The lowest BCUT2D eigenvalue weighted by molar-refractivity contribution is 0.633. The number of aryl methyl sites for hydroxylation is 2. The molecule has 0 N–H and O–H groups in total. The number of nitrogens with zero attached hydrogens (tertiary/aromatic N) is 2. The first-order valence-corrected chi connectivity index (χ1v) is 4.83. The second kappa shape index (κ2) is 3.94. The van der Waals surface area contributed by atoms with Crippen molar-refractivity contribution in [1.29, 1.82) is 0 Å². The highest BCUT2D eigenvalue weighted by molar-refractivity contribution is 6.18. The van der Waals surface area contributed by atoms with E-state index in [9.17, 15) is 0 Å². The minimum atomic E-state index is 0.678. The van der Waals surface area contributed by atoms with Gasteiger partial charge in [0, 0.05) is 18.1 Å². The van der Waals surface area contributed by atoms with Crippen LogP contribution in [0.25, 0.3) is 0 Å². The van der Waals surface area contributed by atoms with Crippen LogP contribution in [-0.2, 0) is 13.0 Å². The van der Waals surface area contributed by atoms with Gasteiger partial charge >= 0.3 is 0 Å². The SMILES string of the molecule is CCn1nc(C)c(CCCl)c1C. The van der Waals surface area contributed by atoms with E-state index < -0.39 is 0 Å². The summed E-state index contributed by atoms with van der Waals surface area (Å²) in [5, 5.41) is 4.41. The summed E-state index contributed by atoms with van der Waals surface area (Å²) in [6.07, 6.45) is 0.930. The van der Waals surface area contributed by atoms with E-state index in [1.54, 1.807) is 0 Å². The van der Waals surface area contributed by atoms with Crippen molar-refractivity contribution in [3.8, 4) is 0 Å². The summed E-state index contributed by atoms with van der Waals surface area (Å²) < 4.78 is 2.03. The lowest BCUT2D eigenvalue weighted by Crippen LogP contribution is -1.99. The zero-order valence-electron chi connectivity index (χ0n) is 7.89. The number of rotatable bonds is 3. The maximum Gasteiger partial charge on any atom is 0.0628 e. The Kier molecular flexibility index (Phi) is 3.15. The average molecular weight is 187 g/mol. The minimum absolute atomic E-state index is 0.678. The van der Waals surface area contributed by atoms with Crippen LogP contribution < -0.4 is 0 Å². The van der Waals surface area contributed by atoms with Gasteiger partial charge in [0.05, 0.1) is 5.69 Å². The highest BCUT2D eigenvalue weighted by Crippen LogP contribution is 2.13. The molecule has 0 saturated heterocycles. The predicted octanol–water partition coefficient (Wildman–Crippen LogP) is 2.30. The second-order valence-electron chi connectivity index (χ2n) is 2.90. The topological polar surface area (TPSA) is 17.8 Å². The molecule has 12 heavy (non-hydrogen) atoms. The number of halogens is 1. The normalized spacial score (nSPS) is 10.7. The summed E-state index contributed by atoms with van der Waals surface area (Å²) in [4.78, 5) is 0. The van der Waals surface area contributed by atoms with Crippen LogP contribution in [0.3, 0.4) is 0 Å². The fourth-order valence-electron chi connectivity index (χ4n) is 1.50. The fraction of sp³-hybridized carbons (Fsp3) is 0.667. The molecular formula is C9H15ClN2. The van der Waals surface area contributed by atoms with E-state index in [4.69, 9.17) is 11.6 Å². The van der Waals surface area contributed by atoms with Crippen LogP contribution in [-0.4, -0.2) is 15.7 Å². The highest BCUT2D eigenvalue weighted by Gasteiger charge is 2.08. The van der Waals surface area contributed by atoms with Gasteiger partial charge in [0.2, 0.25) is 0 Å². The van der Waals surface area contributed by atoms with Gasteiger partial charge in [0.25, 0.3) is 0 Å². The van der Waals surface area contributed by atoms with Crippen molar-refractivity contribution < 1.29 is 0 Å². The van der Waals surface area contributed by atoms with Crippen molar-refractivity contribution in [2.24, 2.45) is 0 Å². The Labute approximate surface area is 78.5 Å². The molecule has 0 radical (unpaired) electrons. The van der Waals surface area contributed by atoms with Gasteiger partial charge in [-0.05, 0) is 32.8 Å². The summed E-state index contributed by atoms with van der Waals surface area (Å²) in [5.74, 6) is 0.678. The molecular weight excluding hydrogens is 172 g/mol. The monoisotopic (exact) mass is 186 g/mol. The van der Waals surface area contributed by atoms with Crippen molar-refractivity contribution in [2.45, 2.75) is 33.7 Å². The van der Waals surface area contributed by atoms with Crippen LogP contribution in [0.4, 0.5) is 0 Å². The first-order valence-electron chi connectivity index (χ1n) is 4.29. The molecule has 0 aliphatic carbocycles. The van der Waals surface area contributed by atoms with Crippen LogP contribution in [0.2, 0.25) is 0 Å². The molecule has 0 fully saturated rings. The molecule has 1 rings (SSSR count). The van der Waals surface area contributed by atoms with Gasteiger partial charge in [-0.3, -0.25) is 4.68 Å². The maximum atomic E-state index is 5.70. The number of hydrogen-bond acceptors (Lipinski definition) is 1. The molecule has 0 saturated carbocycles. The third-order valence-corrected chi connectivity index (χ3v) is 2.36. The van der Waals surface area contributed by atoms with Gasteiger partial charge in [0.15, 0.2) is 0 Å². The van der Waals surface area contributed by atoms with Gasteiger partial charge in [-0.2, -0.15) is 5.10 Å². The fourth-order valence-corrected chi connectivity index (χ4v) is 1.69. The van der Waals surface area contributed by atoms with Crippen molar-refractivity contribution in [3.05, 3.63) is 17.0 Å². The van der Waals surface area contributed by atoms with E-state index in [1.807, 2.05) is 11.6 Å². The molecule has 2 nitrogen and oxygen atoms in total. The van der Waals surface area contributed by atoms with Crippen LogP contribution in [0.5, 0.6) is 0 Å². The van der Waals surface area contributed by atoms with Crippen LogP contribution in [0.15, 0.2) is 0 Å². The Morgan fingerprint density at radius 2 is 2.08 bits per heavy atom. The van der Waals surface area contributed by atoms with Crippen LogP contribution >= 0.6 is 11.6 Å². The quantitative estimate of drug-likeness (QED) is 0.663. The van der Waals surface area contributed by atoms with Crippen molar-refractivity contribution in [2.75, 3.05) is 5.88 Å². The summed E-state index contributed by atoms with van der Waals surface area (Å²) >= 11 is 5.70. The Morgan fingerprint density at radius 1 is 1.42 bits per heavy atom. The minimum Gasteiger partial charge on any atom is -0.270 e. The zero-order valence-corrected chi connectivity index (χ0v) is 8.65. The van der Waals surface area contributed by atoms with Gasteiger partial charge < -0.3 is 0 Å². The van der Waals surface area contributed by atoms with E-state index in [2.05, 4.69) is 18.9 Å². The summed E-state index contributed by atoms with van der Waals surface area (Å²) in [6, 6.07) is 0. The number of aromatic nitrogens is 2. The first-order chi connectivity index (χ1) is 5.70. The maximum absolute atomic E-state index is 5.70. The summed E-state index contributed by atoms with van der Waals surface area (Å²) in [7, 11) is 0. The Bertz CT molecular complexity index is 266. The molecule has 0 aliphatic rings. The molecule has 0 spiro atoms. The molecule has 0 aliphatic heterocycles. The lowest BCUT2D eigenvalue weighted by Gasteiger charge is -1.99. The predicted molar refractivity (Wildman–Crippen MR) is 51.8 cm³/mol. The van der Waals surface area contributed by atoms with Gasteiger partial charge in [0.1, 0.15) is 0 Å². The number of hydrogen-bond donors (Lipinski definition) is 0. The molecule has 1 aromatic rings. The summed E-state index contributed by atoms with van der Waals surface area (Å²) in [5.41, 5.74) is 3.69.